The number of ether oxygens (including phenoxy) is 2. The summed E-state index contributed by atoms with van der Waals surface area (Å²) in [5.41, 5.74) is 2.09. The molecular weight excluding hydrogens is 491 g/mol. The number of anilines is 1. The lowest BCUT2D eigenvalue weighted by atomic mass is 10.1. The Labute approximate surface area is 212 Å². The molecule has 0 aliphatic carbocycles. The van der Waals surface area contributed by atoms with Gasteiger partial charge in [-0.2, -0.15) is 13.2 Å². The predicted molar refractivity (Wildman–Crippen MR) is 135 cm³/mol. The van der Waals surface area contributed by atoms with Crippen LogP contribution in [0.4, 0.5) is 18.3 Å². The van der Waals surface area contributed by atoms with E-state index in [-0.39, 0.29) is 12.6 Å². The van der Waals surface area contributed by atoms with Gasteiger partial charge in [-0.1, -0.05) is 24.3 Å². The van der Waals surface area contributed by atoms with Gasteiger partial charge in [-0.25, -0.2) is 9.78 Å². The highest BCUT2D eigenvalue weighted by Crippen LogP contribution is 2.36. The van der Waals surface area contributed by atoms with Crippen LogP contribution in [0.1, 0.15) is 37.0 Å². The first kappa shape index (κ1) is 26.2. The summed E-state index contributed by atoms with van der Waals surface area (Å²) < 4.78 is 50.4. The van der Waals surface area contributed by atoms with E-state index in [9.17, 15) is 18.0 Å². The van der Waals surface area contributed by atoms with Crippen LogP contribution < -0.4 is 9.64 Å². The third kappa shape index (κ3) is 6.28. The van der Waals surface area contributed by atoms with Crippen molar-refractivity contribution >= 4 is 32.7 Å². The second kappa shape index (κ2) is 11.0. The number of carbonyl (C=O) groups excluding carboxylic acids is 1. The minimum absolute atomic E-state index is 0.125. The molecule has 3 aromatic rings. The van der Waals surface area contributed by atoms with Crippen LogP contribution in [0.3, 0.4) is 0 Å². The average molecular weight is 522 g/mol. The number of nitrogens with zero attached hydrogens (tertiary/aromatic N) is 3. The number of alkyl halides is 3. The van der Waals surface area contributed by atoms with Gasteiger partial charge >= 0.3 is 12.1 Å². The molecule has 0 amide bonds. The second-order valence-corrected chi connectivity index (χ2v) is 9.91. The van der Waals surface area contributed by atoms with Crippen LogP contribution in [0, 0.1) is 6.92 Å². The van der Waals surface area contributed by atoms with E-state index >= 15 is 0 Å². The van der Waals surface area contributed by atoms with Gasteiger partial charge in [0, 0.05) is 32.2 Å². The Kier molecular flexibility index (Phi) is 8.04. The predicted octanol–water partition coefficient (Wildman–Crippen LogP) is 5.67. The molecule has 1 aliphatic rings. The molecule has 1 atom stereocenters. The number of fused-ring (bicyclic) bond motifs is 1. The van der Waals surface area contributed by atoms with Crippen LogP contribution >= 0.6 is 11.3 Å². The molecule has 0 radical (unpaired) electrons. The van der Waals surface area contributed by atoms with Gasteiger partial charge in [-0.05, 0) is 61.7 Å². The fourth-order valence-electron chi connectivity index (χ4n) is 4.46. The van der Waals surface area contributed by atoms with Gasteiger partial charge in [0.2, 0.25) is 0 Å². The Hall–Kier alpha value is -2.85. The molecule has 1 unspecified atom stereocenters. The average Bonchev–Trinajstić information content (AvgIpc) is 3.26. The molecule has 0 saturated carbocycles. The summed E-state index contributed by atoms with van der Waals surface area (Å²) in [6, 6.07) is 9.95. The zero-order valence-electron chi connectivity index (χ0n) is 20.6. The summed E-state index contributed by atoms with van der Waals surface area (Å²) in [4.78, 5) is 20.8. The zero-order valence-corrected chi connectivity index (χ0v) is 21.4. The van der Waals surface area contributed by atoms with Crippen LogP contribution in [0.25, 0.3) is 10.2 Å². The third-order valence-electron chi connectivity index (χ3n) is 6.21. The van der Waals surface area contributed by atoms with Crippen molar-refractivity contribution in [1.29, 1.82) is 0 Å². The monoisotopic (exact) mass is 521 g/mol. The van der Waals surface area contributed by atoms with Crippen LogP contribution in [0.5, 0.6) is 5.75 Å². The van der Waals surface area contributed by atoms with Crippen molar-refractivity contribution in [3.63, 3.8) is 0 Å². The van der Waals surface area contributed by atoms with Gasteiger partial charge in [0.25, 0.3) is 0 Å². The van der Waals surface area contributed by atoms with Crippen LogP contribution in [0.2, 0.25) is 0 Å². The molecule has 6 nitrogen and oxygen atoms in total. The number of esters is 1. The van der Waals surface area contributed by atoms with Crippen molar-refractivity contribution in [2.24, 2.45) is 0 Å². The Morgan fingerprint density at radius 1 is 1.17 bits per heavy atom. The highest BCUT2D eigenvalue weighted by molar-refractivity contribution is 7.22. The van der Waals surface area contributed by atoms with Crippen molar-refractivity contribution < 1.29 is 27.4 Å². The number of benzene rings is 2. The summed E-state index contributed by atoms with van der Waals surface area (Å²) in [6.07, 6.45) is -3.44. The van der Waals surface area contributed by atoms with Crippen LogP contribution in [-0.2, 0) is 22.3 Å². The second-order valence-electron chi connectivity index (χ2n) is 8.90. The number of aryl methyl sites for hydroxylation is 1. The van der Waals surface area contributed by atoms with Gasteiger partial charge in [0.1, 0.15) is 5.75 Å². The lowest BCUT2D eigenvalue weighted by Crippen LogP contribution is -2.52. The zero-order chi connectivity index (χ0) is 25.9. The normalized spacial score (nSPS) is 16.9. The molecule has 2 heterocycles. The molecule has 10 heteroatoms. The number of rotatable bonds is 8. The molecule has 0 N–H and O–H groups in total. The van der Waals surface area contributed by atoms with Crippen molar-refractivity contribution in [2.75, 3.05) is 37.7 Å². The van der Waals surface area contributed by atoms with Crippen molar-refractivity contribution in [2.45, 2.75) is 46.0 Å². The van der Waals surface area contributed by atoms with Crippen LogP contribution in [0.15, 0.2) is 36.4 Å². The van der Waals surface area contributed by atoms with Gasteiger partial charge in [-0.3, -0.25) is 4.90 Å². The first-order chi connectivity index (χ1) is 17.2. The molecule has 0 spiro atoms. The molecule has 4 rings (SSSR count). The number of halogens is 3. The van der Waals surface area contributed by atoms with Gasteiger partial charge in [-0.15, -0.1) is 0 Å². The first-order valence-electron chi connectivity index (χ1n) is 12.0. The Bertz CT molecular complexity index is 1210. The SMILES string of the molecule is CCOC(=O)COc1cc(C)cc(CN2CCN(c3nc4ccc(C(F)(F)F)cc4s3)CC2CC)c1. The largest absolute Gasteiger partial charge is 0.482 e. The van der Waals surface area contributed by atoms with E-state index in [1.54, 1.807) is 6.92 Å². The van der Waals surface area contributed by atoms with Gasteiger partial charge in [0.15, 0.2) is 11.7 Å². The molecular formula is C26H30F3N3O3S. The maximum atomic E-state index is 13.1. The lowest BCUT2D eigenvalue weighted by molar-refractivity contribution is -0.145. The Morgan fingerprint density at radius 2 is 1.97 bits per heavy atom. The van der Waals surface area contributed by atoms with Crippen LogP contribution in [-0.4, -0.2) is 54.7 Å². The fraction of sp³-hybridized carbons (Fsp3) is 0.462. The van der Waals surface area contributed by atoms with E-state index in [1.807, 2.05) is 19.1 Å². The smallest absolute Gasteiger partial charge is 0.416 e. The molecule has 1 saturated heterocycles. The molecule has 1 fully saturated rings. The number of hydrogen-bond acceptors (Lipinski definition) is 7. The number of piperazine rings is 1. The summed E-state index contributed by atoms with van der Waals surface area (Å²) in [7, 11) is 0. The minimum Gasteiger partial charge on any atom is -0.482 e. The number of aromatic nitrogens is 1. The third-order valence-corrected chi connectivity index (χ3v) is 7.29. The van der Waals surface area contributed by atoms with E-state index in [4.69, 9.17) is 9.47 Å². The summed E-state index contributed by atoms with van der Waals surface area (Å²) in [5, 5.41) is 0.757. The van der Waals surface area contributed by atoms with E-state index in [2.05, 4.69) is 27.8 Å². The maximum absolute atomic E-state index is 13.1. The summed E-state index contributed by atoms with van der Waals surface area (Å²) in [6.45, 7) is 9.10. The van der Waals surface area contributed by atoms with Crippen molar-refractivity contribution in [1.82, 2.24) is 9.88 Å². The number of carbonyl (C=O) groups is 1. The van der Waals surface area contributed by atoms with Crippen molar-refractivity contribution in [3.05, 3.63) is 53.1 Å². The molecule has 194 valence electrons. The Balaban J connectivity index is 1.43. The van der Waals surface area contributed by atoms with Gasteiger partial charge in [0.05, 0.1) is 22.4 Å². The summed E-state index contributed by atoms with van der Waals surface area (Å²) >= 11 is 1.31. The minimum atomic E-state index is -4.36. The lowest BCUT2D eigenvalue weighted by Gasteiger charge is -2.41. The molecule has 1 aromatic heterocycles. The molecule has 2 aromatic carbocycles. The quantitative estimate of drug-likeness (QED) is 0.356. The van der Waals surface area contributed by atoms with E-state index in [0.29, 0.717) is 22.6 Å². The highest BCUT2D eigenvalue weighted by atomic mass is 32.1. The topological polar surface area (TPSA) is 54.9 Å². The van der Waals surface area contributed by atoms with Gasteiger partial charge < -0.3 is 14.4 Å². The first-order valence-corrected chi connectivity index (χ1v) is 12.8. The maximum Gasteiger partial charge on any atom is 0.416 e. The number of thiazole rings is 1. The van der Waals surface area contributed by atoms with Crippen molar-refractivity contribution in [3.8, 4) is 5.75 Å². The highest BCUT2D eigenvalue weighted by Gasteiger charge is 2.31. The molecule has 1 aliphatic heterocycles. The van der Waals surface area contributed by atoms with E-state index in [0.717, 1.165) is 54.9 Å². The van der Waals surface area contributed by atoms with E-state index in [1.165, 1.54) is 23.5 Å². The Morgan fingerprint density at radius 3 is 2.69 bits per heavy atom. The molecule has 0 bridgehead atoms. The standard InChI is InChI=1S/C26H30F3N3O3S/c1-4-20-15-32(25-30-22-7-6-19(26(27,28)29)13-23(22)36-25)9-8-31(20)14-18-10-17(3)11-21(12-18)35-16-24(33)34-5-2/h6-7,10-13,20H,4-5,8-9,14-16H2,1-3H3. The van der Waals surface area contributed by atoms with E-state index < -0.39 is 17.7 Å². The molecule has 36 heavy (non-hydrogen) atoms. The number of hydrogen-bond donors (Lipinski definition) is 0. The fourth-order valence-corrected chi connectivity index (χ4v) is 5.50. The summed E-state index contributed by atoms with van der Waals surface area (Å²) in [5.74, 6) is 0.240.